The number of hydrogen-bond donors (Lipinski definition) is 0. The van der Waals surface area contributed by atoms with Crippen LogP contribution in [-0.4, -0.2) is 39.4 Å². The van der Waals surface area contributed by atoms with E-state index in [0.717, 1.165) is 33.3 Å². The number of ether oxygens (including phenoxy) is 2. The van der Waals surface area contributed by atoms with E-state index in [0.29, 0.717) is 12.4 Å². The molecule has 2 aromatic heterocycles. The van der Waals surface area contributed by atoms with Gasteiger partial charge in [-0.1, -0.05) is 24.3 Å². The lowest BCUT2D eigenvalue weighted by atomic mass is 10.2. The first-order valence-electron chi connectivity index (χ1n) is 8.27. The van der Waals surface area contributed by atoms with Crippen LogP contribution in [0.15, 0.2) is 53.9 Å². The minimum absolute atomic E-state index is 0.447. The zero-order valence-corrected chi connectivity index (χ0v) is 15.7. The maximum atomic E-state index is 5.42. The monoisotopic (exact) mass is 379 g/mol. The van der Waals surface area contributed by atoms with Gasteiger partial charge in [-0.15, -0.1) is 21.5 Å². The van der Waals surface area contributed by atoms with Crippen LogP contribution < -0.4 is 9.47 Å². The summed E-state index contributed by atoms with van der Waals surface area (Å²) in [6, 6.07) is 15.4. The van der Waals surface area contributed by atoms with Gasteiger partial charge in [0.15, 0.2) is 0 Å². The van der Waals surface area contributed by atoms with E-state index in [1.165, 1.54) is 4.80 Å². The first-order valence-corrected chi connectivity index (χ1v) is 9.15. The molecule has 8 heteroatoms. The first kappa shape index (κ1) is 17.2. The number of para-hydroxylation sites is 1. The van der Waals surface area contributed by atoms with Crippen LogP contribution in [0.25, 0.3) is 22.0 Å². The van der Waals surface area contributed by atoms with Crippen molar-refractivity contribution in [1.82, 2.24) is 25.2 Å². The molecule has 2 aromatic carbocycles. The number of methoxy groups -OCH3 is 2. The molecule has 0 saturated carbocycles. The molecule has 0 spiro atoms. The van der Waals surface area contributed by atoms with Gasteiger partial charge in [-0.05, 0) is 29.5 Å². The van der Waals surface area contributed by atoms with Crippen molar-refractivity contribution in [3.8, 4) is 33.5 Å². The number of aromatic nitrogens is 5. The van der Waals surface area contributed by atoms with Gasteiger partial charge < -0.3 is 9.47 Å². The highest BCUT2D eigenvalue weighted by atomic mass is 32.1. The largest absolute Gasteiger partial charge is 0.497 e. The predicted molar refractivity (Wildman–Crippen MR) is 103 cm³/mol. The molecule has 136 valence electrons. The molecule has 0 N–H and O–H groups in total. The highest BCUT2D eigenvalue weighted by Crippen LogP contribution is 2.32. The molecule has 4 aromatic rings. The molecule has 0 saturated heterocycles. The SMILES string of the molecule is COc1cccc(-c2nnn(Cc3csc(-c4ccccc4OC)n3)n2)c1. The maximum absolute atomic E-state index is 5.42. The van der Waals surface area contributed by atoms with Crippen LogP contribution >= 0.6 is 11.3 Å². The minimum Gasteiger partial charge on any atom is -0.497 e. The molecule has 0 atom stereocenters. The Morgan fingerprint density at radius 3 is 2.78 bits per heavy atom. The molecular weight excluding hydrogens is 362 g/mol. The number of rotatable bonds is 6. The Morgan fingerprint density at radius 1 is 1.04 bits per heavy atom. The average molecular weight is 379 g/mol. The summed E-state index contributed by atoms with van der Waals surface area (Å²) in [6.45, 7) is 0.447. The third kappa shape index (κ3) is 3.65. The van der Waals surface area contributed by atoms with Gasteiger partial charge in [-0.3, -0.25) is 0 Å². The number of tetrazole rings is 1. The van der Waals surface area contributed by atoms with Crippen LogP contribution in [0, 0.1) is 0 Å². The van der Waals surface area contributed by atoms with E-state index in [4.69, 9.17) is 9.47 Å². The quantitative estimate of drug-likeness (QED) is 0.510. The molecular formula is C19H17N5O2S. The maximum Gasteiger partial charge on any atom is 0.205 e. The number of hydrogen-bond acceptors (Lipinski definition) is 7. The summed E-state index contributed by atoms with van der Waals surface area (Å²) in [6.07, 6.45) is 0. The van der Waals surface area contributed by atoms with E-state index in [1.807, 2.05) is 53.9 Å². The summed E-state index contributed by atoms with van der Waals surface area (Å²) >= 11 is 1.56. The fourth-order valence-corrected chi connectivity index (χ4v) is 3.50. The number of nitrogens with zero attached hydrogens (tertiary/aromatic N) is 5. The smallest absolute Gasteiger partial charge is 0.205 e. The molecule has 2 heterocycles. The van der Waals surface area contributed by atoms with Gasteiger partial charge in [0, 0.05) is 10.9 Å². The Hall–Kier alpha value is -3.26. The molecule has 0 aliphatic heterocycles. The van der Waals surface area contributed by atoms with Crippen LogP contribution in [-0.2, 0) is 6.54 Å². The molecule has 27 heavy (non-hydrogen) atoms. The summed E-state index contributed by atoms with van der Waals surface area (Å²) in [7, 11) is 3.29. The fourth-order valence-electron chi connectivity index (χ4n) is 2.66. The molecule has 0 radical (unpaired) electrons. The highest BCUT2D eigenvalue weighted by Gasteiger charge is 2.12. The van der Waals surface area contributed by atoms with Gasteiger partial charge in [0.2, 0.25) is 5.82 Å². The molecule has 0 fully saturated rings. The van der Waals surface area contributed by atoms with Crippen molar-refractivity contribution in [2.24, 2.45) is 0 Å². The van der Waals surface area contributed by atoms with Crippen molar-refractivity contribution in [3.05, 3.63) is 59.6 Å². The zero-order valence-electron chi connectivity index (χ0n) is 14.9. The third-order valence-corrected chi connectivity index (χ3v) is 4.90. The van der Waals surface area contributed by atoms with Gasteiger partial charge >= 0.3 is 0 Å². The van der Waals surface area contributed by atoms with Crippen molar-refractivity contribution in [3.63, 3.8) is 0 Å². The van der Waals surface area contributed by atoms with E-state index >= 15 is 0 Å². The highest BCUT2D eigenvalue weighted by molar-refractivity contribution is 7.13. The summed E-state index contributed by atoms with van der Waals surface area (Å²) in [5.74, 6) is 2.11. The van der Waals surface area contributed by atoms with Gasteiger partial charge in [-0.2, -0.15) is 4.80 Å². The zero-order chi connectivity index (χ0) is 18.6. The van der Waals surface area contributed by atoms with Crippen molar-refractivity contribution < 1.29 is 9.47 Å². The fraction of sp³-hybridized carbons (Fsp3) is 0.158. The molecule has 0 unspecified atom stereocenters. The summed E-state index contributed by atoms with van der Waals surface area (Å²) in [4.78, 5) is 6.22. The molecule has 7 nitrogen and oxygen atoms in total. The van der Waals surface area contributed by atoms with Crippen molar-refractivity contribution in [2.75, 3.05) is 14.2 Å². The van der Waals surface area contributed by atoms with Crippen LogP contribution in [0.5, 0.6) is 11.5 Å². The average Bonchev–Trinajstić information content (AvgIpc) is 3.38. The Bertz CT molecular complexity index is 1060. The Kier molecular flexibility index (Phi) is 4.80. The van der Waals surface area contributed by atoms with Crippen molar-refractivity contribution >= 4 is 11.3 Å². The Morgan fingerprint density at radius 2 is 1.93 bits per heavy atom. The molecule has 0 amide bonds. The van der Waals surface area contributed by atoms with E-state index in [1.54, 1.807) is 25.6 Å². The molecule has 0 aliphatic rings. The number of benzene rings is 2. The third-order valence-electron chi connectivity index (χ3n) is 3.97. The Balaban J connectivity index is 1.54. The first-order chi connectivity index (χ1) is 13.3. The van der Waals surface area contributed by atoms with Gasteiger partial charge in [0.1, 0.15) is 23.1 Å². The lowest BCUT2D eigenvalue weighted by Gasteiger charge is -2.04. The van der Waals surface area contributed by atoms with Gasteiger partial charge in [-0.25, -0.2) is 4.98 Å². The molecule has 0 bridgehead atoms. The summed E-state index contributed by atoms with van der Waals surface area (Å²) in [5.41, 5.74) is 2.70. The van der Waals surface area contributed by atoms with E-state index < -0.39 is 0 Å². The van der Waals surface area contributed by atoms with Crippen LogP contribution in [0.3, 0.4) is 0 Å². The lowest BCUT2D eigenvalue weighted by Crippen LogP contribution is -2.04. The van der Waals surface area contributed by atoms with Crippen LogP contribution in [0.1, 0.15) is 5.69 Å². The molecule has 0 aliphatic carbocycles. The second-order valence-corrected chi connectivity index (χ2v) is 6.58. The standard InChI is InChI=1S/C19H17N5O2S/c1-25-15-7-5-6-13(10-15)18-21-23-24(22-18)11-14-12-27-19(20-14)16-8-3-4-9-17(16)26-2/h3-10,12H,11H2,1-2H3. The molecule has 4 rings (SSSR count). The number of thiazole rings is 1. The van der Waals surface area contributed by atoms with E-state index in [2.05, 4.69) is 20.4 Å². The summed E-state index contributed by atoms with van der Waals surface area (Å²) < 4.78 is 10.7. The lowest BCUT2D eigenvalue weighted by molar-refractivity contribution is 0.415. The normalized spacial score (nSPS) is 10.7. The second-order valence-electron chi connectivity index (χ2n) is 5.72. The van der Waals surface area contributed by atoms with Gasteiger partial charge in [0.05, 0.1) is 25.5 Å². The van der Waals surface area contributed by atoms with Crippen LogP contribution in [0.2, 0.25) is 0 Å². The Labute approximate surface area is 160 Å². The van der Waals surface area contributed by atoms with Crippen molar-refractivity contribution in [1.29, 1.82) is 0 Å². The van der Waals surface area contributed by atoms with Gasteiger partial charge in [0.25, 0.3) is 0 Å². The minimum atomic E-state index is 0.447. The second kappa shape index (κ2) is 7.55. The van der Waals surface area contributed by atoms with E-state index in [-0.39, 0.29) is 0 Å². The topological polar surface area (TPSA) is 75.0 Å². The van der Waals surface area contributed by atoms with E-state index in [9.17, 15) is 0 Å². The predicted octanol–water partition coefficient (Wildman–Crippen LogP) is 3.53. The van der Waals surface area contributed by atoms with Crippen LogP contribution in [0.4, 0.5) is 0 Å². The summed E-state index contributed by atoms with van der Waals surface area (Å²) in [5, 5.41) is 15.6. The van der Waals surface area contributed by atoms with Crippen molar-refractivity contribution in [2.45, 2.75) is 6.54 Å².